The third-order valence-electron chi connectivity index (χ3n) is 6.18. The number of hydrogen-bond acceptors (Lipinski definition) is 3. The number of hydrogen-bond donors (Lipinski definition) is 1. The molecule has 0 bridgehead atoms. The summed E-state index contributed by atoms with van der Waals surface area (Å²) < 4.78 is 0. The second-order valence-electron chi connectivity index (χ2n) is 8.25. The predicted octanol–water partition coefficient (Wildman–Crippen LogP) is 3.35. The zero-order valence-corrected chi connectivity index (χ0v) is 17.0. The molecule has 5 nitrogen and oxygen atoms in total. The van der Waals surface area contributed by atoms with Crippen molar-refractivity contribution >= 4 is 17.5 Å². The van der Waals surface area contributed by atoms with Crippen LogP contribution in [0.25, 0.3) is 0 Å². The molecule has 1 saturated heterocycles. The van der Waals surface area contributed by atoms with Gasteiger partial charge in [-0.1, -0.05) is 25.0 Å². The zero-order chi connectivity index (χ0) is 19.4. The predicted molar refractivity (Wildman–Crippen MR) is 109 cm³/mol. The third-order valence-corrected chi connectivity index (χ3v) is 6.18. The monoisotopic (exact) mass is 371 g/mol. The summed E-state index contributed by atoms with van der Waals surface area (Å²) in [5.74, 6) is 0.918. The Morgan fingerprint density at radius 1 is 1.11 bits per heavy atom. The molecule has 2 amide bonds. The van der Waals surface area contributed by atoms with Crippen molar-refractivity contribution in [2.75, 3.05) is 31.5 Å². The average molecular weight is 372 g/mol. The molecular weight excluding hydrogens is 338 g/mol. The lowest BCUT2D eigenvalue weighted by Crippen LogP contribution is -2.54. The van der Waals surface area contributed by atoms with Crippen molar-refractivity contribution in [3.8, 4) is 0 Å². The van der Waals surface area contributed by atoms with Gasteiger partial charge in [-0.2, -0.15) is 0 Å². The van der Waals surface area contributed by atoms with Gasteiger partial charge in [0.25, 0.3) is 0 Å². The lowest BCUT2D eigenvalue weighted by molar-refractivity contribution is -0.134. The Bertz CT molecular complexity index is 674. The van der Waals surface area contributed by atoms with Crippen LogP contribution in [0, 0.1) is 19.8 Å². The third kappa shape index (κ3) is 5.10. The van der Waals surface area contributed by atoms with E-state index in [4.69, 9.17) is 0 Å². The first-order valence-corrected chi connectivity index (χ1v) is 10.3. The maximum absolute atomic E-state index is 12.7. The first-order valence-electron chi connectivity index (χ1n) is 10.3. The molecule has 0 aromatic heterocycles. The Morgan fingerprint density at radius 3 is 2.44 bits per heavy atom. The van der Waals surface area contributed by atoms with Crippen LogP contribution in [0.5, 0.6) is 0 Å². The van der Waals surface area contributed by atoms with E-state index in [0.29, 0.717) is 18.2 Å². The Balaban J connectivity index is 1.48. The number of benzene rings is 1. The van der Waals surface area contributed by atoms with Gasteiger partial charge in [0, 0.05) is 38.3 Å². The molecule has 1 aromatic carbocycles. The quantitative estimate of drug-likeness (QED) is 0.863. The van der Waals surface area contributed by atoms with Crippen molar-refractivity contribution in [2.24, 2.45) is 5.92 Å². The van der Waals surface area contributed by atoms with Crippen molar-refractivity contribution in [3.05, 3.63) is 29.3 Å². The topological polar surface area (TPSA) is 52.7 Å². The van der Waals surface area contributed by atoms with E-state index in [0.717, 1.165) is 43.0 Å². The van der Waals surface area contributed by atoms with Gasteiger partial charge in [-0.15, -0.1) is 0 Å². The number of rotatable bonds is 5. The highest BCUT2D eigenvalue weighted by Crippen LogP contribution is 2.28. The number of carbonyl (C=O) groups is 2. The lowest BCUT2D eigenvalue weighted by Gasteiger charge is -2.37. The fourth-order valence-electron chi connectivity index (χ4n) is 4.22. The van der Waals surface area contributed by atoms with Gasteiger partial charge >= 0.3 is 0 Å². The van der Waals surface area contributed by atoms with Crippen molar-refractivity contribution in [1.82, 2.24) is 9.80 Å². The molecule has 1 saturated carbocycles. The Hall–Kier alpha value is -1.88. The van der Waals surface area contributed by atoms with Crippen LogP contribution in [0.4, 0.5) is 5.69 Å². The van der Waals surface area contributed by atoms with E-state index in [9.17, 15) is 9.59 Å². The molecule has 1 N–H and O–H groups in total. The van der Waals surface area contributed by atoms with Gasteiger partial charge in [0.2, 0.25) is 11.8 Å². The molecule has 0 unspecified atom stereocenters. The van der Waals surface area contributed by atoms with Crippen LogP contribution in [-0.4, -0.2) is 53.8 Å². The van der Waals surface area contributed by atoms with E-state index in [1.807, 2.05) is 37.8 Å². The number of carbonyl (C=O) groups excluding carboxylic acids is 2. The highest BCUT2D eigenvalue weighted by Gasteiger charge is 2.29. The van der Waals surface area contributed by atoms with Crippen molar-refractivity contribution in [2.45, 2.75) is 58.9 Å². The van der Waals surface area contributed by atoms with Crippen LogP contribution < -0.4 is 5.32 Å². The van der Waals surface area contributed by atoms with Crippen LogP contribution in [0.1, 0.15) is 50.2 Å². The number of amides is 2. The summed E-state index contributed by atoms with van der Waals surface area (Å²) in [7, 11) is 0. The number of aryl methyl sites for hydroxylation is 2. The Kier molecular flexibility index (Phi) is 6.53. The minimum atomic E-state index is -0.197. The molecule has 1 atom stereocenters. The van der Waals surface area contributed by atoms with E-state index >= 15 is 0 Å². The van der Waals surface area contributed by atoms with E-state index in [1.54, 1.807) is 0 Å². The first-order chi connectivity index (χ1) is 12.9. The molecule has 3 rings (SSSR count). The molecule has 5 heteroatoms. The molecule has 1 heterocycles. The highest BCUT2D eigenvalue weighted by atomic mass is 16.2. The number of nitrogens with one attached hydrogen (secondary N) is 1. The minimum Gasteiger partial charge on any atom is -0.340 e. The fraction of sp³-hybridized carbons (Fsp3) is 0.636. The van der Waals surface area contributed by atoms with Gasteiger partial charge in [-0.3, -0.25) is 14.5 Å². The van der Waals surface area contributed by atoms with Gasteiger partial charge < -0.3 is 10.2 Å². The molecule has 1 aliphatic carbocycles. The molecule has 2 fully saturated rings. The number of anilines is 1. The second kappa shape index (κ2) is 8.87. The molecule has 1 aromatic rings. The van der Waals surface area contributed by atoms with Gasteiger partial charge in [0.05, 0.1) is 6.04 Å². The Labute approximate surface area is 163 Å². The van der Waals surface area contributed by atoms with Crippen molar-refractivity contribution < 1.29 is 9.59 Å². The summed E-state index contributed by atoms with van der Waals surface area (Å²) in [4.78, 5) is 29.4. The summed E-state index contributed by atoms with van der Waals surface area (Å²) >= 11 is 0. The van der Waals surface area contributed by atoms with Crippen molar-refractivity contribution in [3.63, 3.8) is 0 Å². The molecule has 27 heavy (non-hydrogen) atoms. The minimum absolute atomic E-state index is 0.0226. The highest BCUT2D eigenvalue weighted by molar-refractivity contribution is 5.95. The summed E-state index contributed by atoms with van der Waals surface area (Å²) in [6.07, 6.45) is 5.68. The summed E-state index contributed by atoms with van der Waals surface area (Å²) in [5.41, 5.74) is 3.10. The van der Waals surface area contributed by atoms with Crippen molar-refractivity contribution in [1.29, 1.82) is 0 Å². The maximum Gasteiger partial charge on any atom is 0.241 e. The second-order valence-corrected chi connectivity index (χ2v) is 8.25. The van der Waals surface area contributed by atoms with E-state index in [2.05, 4.69) is 16.3 Å². The standard InChI is InChI=1S/C22H33N3O2/c1-16-8-9-17(2)20(14-16)23-22(27)18(3)24-10-12-25(13-11-24)21(26)15-19-6-4-5-7-19/h8-9,14,18-19H,4-7,10-13,15H2,1-3H3,(H,23,27)/t18-/m0/s1. The number of piperazine rings is 1. The molecule has 0 radical (unpaired) electrons. The number of nitrogens with zero attached hydrogens (tertiary/aromatic N) is 2. The van der Waals surface area contributed by atoms with Crippen LogP contribution in [0.3, 0.4) is 0 Å². The summed E-state index contributed by atoms with van der Waals surface area (Å²) in [6.45, 7) is 8.97. The summed E-state index contributed by atoms with van der Waals surface area (Å²) in [5, 5.41) is 3.07. The molecule has 1 aliphatic heterocycles. The molecule has 148 valence electrons. The molecular formula is C22H33N3O2. The van der Waals surface area contributed by atoms with E-state index in [-0.39, 0.29) is 11.9 Å². The van der Waals surface area contributed by atoms with Gasteiger partial charge in [-0.05, 0) is 56.7 Å². The summed E-state index contributed by atoms with van der Waals surface area (Å²) in [6, 6.07) is 5.90. The van der Waals surface area contributed by atoms with E-state index in [1.165, 1.54) is 25.7 Å². The SMILES string of the molecule is Cc1ccc(C)c(NC(=O)[C@H](C)N2CCN(C(=O)CC3CCCC3)CC2)c1. The van der Waals surface area contributed by atoms with Gasteiger partial charge in [0.15, 0.2) is 0 Å². The Morgan fingerprint density at radius 2 is 1.78 bits per heavy atom. The van der Waals surface area contributed by atoms with Crippen LogP contribution >= 0.6 is 0 Å². The molecule has 0 spiro atoms. The normalized spacial score (nSPS) is 19.9. The van der Waals surface area contributed by atoms with Crippen LogP contribution in [0.15, 0.2) is 18.2 Å². The van der Waals surface area contributed by atoms with Crippen LogP contribution in [-0.2, 0) is 9.59 Å². The smallest absolute Gasteiger partial charge is 0.241 e. The zero-order valence-electron chi connectivity index (χ0n) is 17.0. The molecule has 2 aliphatic rings. The fourth-order valence-corrected chi connectivity index (χ4v) is 4.22. The largest absolute Gasteiger partial charge is 0.340 e. The van der Waals surface area contributed by atoms with Gasteiger partial charge in [-0.25, -0.2) is 0 Å². The van der Waals surface area contributed by atoms with Gasteiger partial charge in [0.1, 0.15) is 0 Å². The first kappa shape index (κ1) is 19.9. The van der Waals surface area contributed by atoms with Crippen LogP contribution in [0.2, 0.25) is 0 Å². The average Bonchev–Trinajstić information content (AvgIpc) is 3.17. The lowest BCUT2D eigenvalue weighted by atomic mass is 10.0. The van der Waals surface area contributed by atoms with E-state index < -0.39 is 0 Å². The maximum atomic E-state index is 12.7.